The highest BCUT2D eigenvalue weighted by molar-refractivity contribution is 7.91. The van der Waals surface area contributed by atoms with Crippen LogP contribution in [-0.4, -0.2) is 13.4 Å². The molecule has 0 radical (unpaired) electrons. The van der Waals surface area contributed by atoms with Crippen LogP contribution in [0.15, 0.2) is 34.7 Å². The Hall–Kier alpha value is -1.11. The first-order valence-corrected chi connectivity index (χ1v) is 7.56. The molecule has 0 aliphatic heterocycles. The third kappa shape index (κ3) is 2.77. The van der Waals surface area contributed by atoms with Gasteiger partial charge in [-0.3, -0.25) is 0 Å². The second-order valence-electron chi connectivity index (χ2n) is 3.37. The van der Waals surface area contributed by atoms with E-state index in [4.69, 9.17) is 17.3 Å². The van der Waals surface area contributed by atoms with Crippen molar-refractivity contribution in [1.82, 2.24) is 4.98 Å². The molecule has 17 heavy (non-hydrogen) atoms. The molecule has 7 heteroatoms. The topological polar surface area (TPSA) is 73.1 Å². The van der Waals surface area contributed by atoms with Crippen LogP contribution in [0.3, 0.4) is 0 Å². The first kappa shape index (κ1) is 12.3. The van der Waals surface area contributed by atoms with Gasteiger partial charge >= 0.3 is 0 Å². The van der Waals surface area contributed by atoms with Crippen molar-refractivity contribution in [3.05, 3.63) is 39.8 Å². The molecule has 0 aliphatic carbocycles. The van der Waals surface area contributed by atoms with Crippen LogP contribution in [0.25, 0.3) is 0 Å². The lowest BCUT2D eigenvalue weighted by Gasteiger charge is -2.06. The van der Waals surface area contributed by atoms with Crippen LogP contribution in [-0.2, 0) is 15.6 Å². The number of benzene rings is 1. The summed E-state index contributed by atoms with van der Waals surface area (Å²) in [6.45, 7) is 0. The SMILES string of the molecule is Nc1ccc(Cl)cc1S(=O)(=O)Cc1nccs1. The van der Waals surface area contributed by atoms with Crippen LogP contribution in [0.4, 0.5) is 5.69 Å². The van der Waals surface area contributed by atoms with Crippen molar-refractivity contribution in [3.8, 4) is 0 Å². The minimum Gasteiger partial charge on any atom is -0.398 e. The number of aromatic nitrogens is 1. The lowest BCUT2D eigenvalue weighted by Crippen LogP contribution is -2.07. The largest absolute Gasteiger partial charge is 0.398 e. The molecular weight excluding hydrogens is 280 g/mol. The van der Waals surface area contributed by atoms with Crippen molar-refractivity contribution >= 4 is 38.5 Å². The Morgan fingerprint density at radius 2 is 2.18 bits per heavy atom. The Morgan fingerprint density at radius 1 is 1.41 bits per heavy atom. The fraction of sp³-hybridized carbons (Fsp3) is 0.100. The zero-order valence-corrected chi connectivity index (χ0v) is 11.0. The van der Waals surface area contributed by atoms with E-state index in [9.17, 15) is 8.42 Å². The second-order valence-corrected chi connectivity index (χ2v) is 6.74. The average Bonchev–Trinajstić information content (AvgIpc) is 2.73. The lowest BCUT2D eigenvalue weighted by molar-refractivity contribution is 0.595. The smallest absolute Gasteiger partial charge is 0.186 e. The number of nitrogens with zero attached hydrogens (tertiary/aromatic N) is 1. The molecule has 2 rings (SSSR count). The maximum atomic E-state index is 12.1. The predicted molar refractivity (Wildman–Crippen MR) is 68.9 cm³/mol. The van der Waals surface area contributed by atoms with Crippen molar-refractivity contribution in [2.45, 2.75) is 10.6 Å². The number of nitrogens with two attached hydrogens (primary N) is 1. The van der Waals surface area contributed by atoms with Gasteiger partial charge in [0, 0.05) is 16.6 Å². The van der Waals surface area contributed by atoms with Crippen molar-refractivity contribution in [2.24, 2.45) is 0 Å². The fourth-order valence-electron chi connectivity index (χ4n) is 1.34. The van der Waals surface area contributed by atoms with Crippen molar-refractivity contribution in [3.63, 3.8) is 0 Å². The standard InChI is InChI=1S/C10H9ClN2O2S2/c11-7-1-2-8(12)9(5-7)17(14,15)6-10-13-3-4-16-10/h1-5H,6,12H2. The monoisotopic (exact) mass is 288 g/mol. The summed E-state index contributed by atoms with van der Waals surface area (Å²) in [5.41, 5.74) is 5.85. The average molecular weight is 289 g/mol. The number of sulfone groups is 1. The highest BCUT2D eigenvalue weighted by atomic mass is 35.5. The van der Waals surface area contributed by atoms with E-state index in [0.29, 0.717) is 10.0 Å². The fourth-order valence-corrected chi connectivity index (χ4v) is 4.01. The van der Waals surface area contributed by atoms with Gasteiger partial charge in [-0.25, -0.2) is 13.4 Å². The van der Waals surface area contributed by atoms with Gasteiger partial charge in [0.25, 0.3) is 0 Å². The number of rotatable bonds is 3. The summed E-state index contributed by atoms with van der Waals surface area (Å²) in [7, 11) is -3.50. The molecule has 1 heterocycles. The normalized spacial score (nSPS) is 11.6. The Kier molecular flexibility index (Phi) is 3.37. The summed E-state index contributed by atoms with van der Waals surface area (Å²) in [6.07, 6.45) is 1.57. The van der Waals surface area contributed by atoms with Gasteiger partial charge in [0.2, 0.25) is 0 Å². The summed E-state index contributed by atoms with van der Waals surface area (Å²) in [5.74, 6) is -0.158. The summed E-state index contributed by atoms with van der Waals surface area (Å²) >= 11 is 7.06. The third-order valence-electron chi connectivity index (χ3n) is 2.11. The summed E-state index contributed by atoms with van der Waals surface area (Å²) in [5, 5.41) is 2.60. The zero-order valence-electron chi connectivity index (χ0n) is 8.63. The van der Waals surface area contributed by atoms with E-state index < -0.39 is 9.84 Å². The van der Waals surface area contributed by atoms with Gasteiger partial charge < -0.3 is 5.73 Å². The molecule has 0 saturated carbocycles. The Balaban J connectivity index is 2.41. The summed E-state index contributed by atoms with van der Waals surface area (Å²) in [4.78, 5) is 4.00. The van der Waals surface area contributed by atoms with Crippen LogP contribution < -0.4 is 5.73 Å². The van der Waals surface area contributed by atoms with Crippen LogP contribution in [0.2, 0.25) is 5.02 Å². The maximum Gasteiger partial charge on any atom is 0.186 e. The molecule has 0 atom stereocenters. The first-order chi connectivity index (χ1) is 7.99. The van der Waals surface area contributed by atoms with E-state index in [1.54, 1.807) is 17.6 Å². The molecule has 90 valence electrons. The minimum atomic E-state index is -3.50. The van der Waals surface area contributed by atoms with Gasteiger partial charge in [0.15, 0.2) is 9.84 Å². The van der Waals surface area contributed by atoms with E-state index in [2.05, 4.69) is 4.98 Å². The van der Waals surface area contributed by atoms with Crippen LogP contribution in [0, 0.1) is 0 Å². The molecule has 0 fully saturated rings. The van der Waals surface area contributed by atoms with Crippen LogP contribution in [0.1, 0.15) is 5.01 Å². The number of nitrogen functional groups attached to an aromatic ring is 1. The Bertz CT molecular complexity index is 624. The Morgan fingerprint density at radius 3 is 2.82 bits per heavy atom. The minimum absolute atomic E-state index is 0.0557. The first-order valence-electron chi connectivity index (χ1n) is 4.65. The summed E-state index contributed by atoms with van der Waals surface area (Å²) < 4.78 is 24.2. The van der Waals surface area contributed by atoms with Gasteiger partial charge in [-0.05, 0) is 18.2 Å². The lowest BCUT2D eigenvalue weighted by atomic mass is 10.3. The number of hydrogen-bond donors (Lipinski definition) is 1. The van der Waals surface area contributed by atoms with Gasteiger partial charge in [0.1, 0.15) is 10.8 Å². The van der Waals surface area contributed by atoms with Crippen molar-refractivity contribution < 1.29 is 8.42 Å². The van der Waals surface area contributed by atoms with Crippen molar-refractivity contribution in [2.75, 3.05) is 5.73 Å². The van der Waals surface area contributed by atoms with E-state index in [1.807, 2.05) is 0 Å². The number of anilines is 1. The van der Waals surface area contributed by atoms with E-state index in [0.717, 1.165) is 0 Å². The molecule has 0 unspecified atom stereocenters. The molecule has 1 aromatic carbocycles. The highest BCUT2D eigenvalue weighted by Gasteiger charge is 2.20. The number of hydrogen-bond acceptors (Lipinski definition) is 5. The van der Waals surface area contributed by atoms with E-state index in [-0.39, 0.29) is 16.3 Å². The molecule has 0 spiro atoms. The van der Waals surface area contributed by atoms with E-state index in [1.165, 1.54) is 23.5 Å². The molecule has 4 nitrogen and oxygen atoms in total. The van der Waals surface area contributed by atoms with Crippen LogP contribution in [0.5, 0.6) is 0 Å². The molecule has 0 aliphatic rings. The van der Waals surface area contributed by atoms with E-state index >= 15 is 0 Å². The molecule has 1 aromatic heterocycles. The molecule has 0 amide bonds. The predicted octanol–water partition coefficient (Wildman–Crippen LogP) is 2.35. The quantitative estimate of drug-likeness (QED) is 0.880. The van der Waals surface area contributed by atoms with Gasteiger partial charge in [-0.2, -0.15) is 0 Å². The number of thiazole rings is 1. The molecule has 0 bridgehead atoms. The molecule has 2 aromatic rings. The molecule has 2 N–H and O–H groups in total. The Labute approximate surface area is 108 Å². The third-order valence-corrected chi connectivity index (χ3v) is 4.98. The molecular formula is C10H9ClN2O2S2. The highest BCUT2D eigenvalue weighted by Crippen LogP contribution is 2.26. The van der Waals surface area contributed by atoms with Gasteiger partial charge in [0.05, 0.1) is 10.6 Å². The molecule has 0 saturated heterocycles. The zero-order chi connectivity index (χ0) is 12.5. The second kappa shape index (κ2) is 4.64. The van der Waals surface area contributed by atoms with Gasteiger partial charge in [-0.15, -0.1) is 11.3 Å². The van der Waals surface area contributed by atoms with Gasteiger partial charge in [-0.1, -0.05) is 11.6 Å². The summed E-state index contributed by atoms with van der Waals surface area (Å²) in [6, 6.07) is 4.40. The van der Waals surface area contributed by atoms with Crippen molar-refractivity contribution in [1.29, 1.82) is 0 Å². The number of halogens is 1. The maximum absolute atomic E-state index is 12.1. The van der Waals surface area contributed by atoms with Crippen LogP contribution >= 0.6 is 22.9 Å².